The molecule has 0 saturated carbocycles. The fourth-order valence-corrected chi connectivity index (χ4v) is 1.04. The van der Waals surface area contributed by atoms with Crippen LogP contribution in [0.4, 0.5) is 10.4 Å². The van der Waals surface area contributed by atoms with Crippen LogP contribution < -0.4 is 5.73 Å². The first-order chi connectivity index (χ1) is 6.25. The van der Waals surface area contributed by atoms with Crippen molar-refractivity contribution < 1.29 is 8.81 Å². The Bertz CT molecular complexity index is 408. The Morgan fingerprint density at radius 1 is 1.23 bits per heavy atom. The first kappa shape index (κ1) is 7.79. The molecular formula is C9H7FN2O. The molecule has 1 aromatic heterocycles. The summed E-state index contributed by atoms with van der Waals surface area (Å²) in [5.74, 6) is -0.278. The fourth-order valence-electron chi connectivity index (χ4n) is 1.04. The number of halogens is 1. The minimum atomic E-state index is -0.278. The van der Waals surface area contributed by atoms with Crippen LogP contribution in [0.25, 0.3) is 11.3 Å². The average Bonchev–Trinajstić information content (AvgIpc) is 2.53. The van der Waals surface area contributed by atoms with E-state index >= 15 is 0 Å². The van der Waals surface area contributed by atoms with Crippen molar-refractivity contribution >= 4 is 6.01 Å². The Kier molecular flexibility index (Phi) is 1.73. The van der Waals surface area contributed by atoms with Crippen molar-refractivity contribution in [2.75, 3.05) is 5.73 Å². The minimum absolute atomic E-state index is 0.110. The van der Waals surface area contributed by atoms with Crippen LogP contribution in [-0.4, -0.2) is 4.98 Å². The number of oxazole rings is 1. The molecule has 0 saturated heterocycles. The molecule has 0 fully saturated rings. The van der Waals surface area contributed by atoms with Crippen molar-refractivity contribution in [1.29, 1.82) is 0 Å². The van der Waals surface area contributed by atoms with Gasteiger partial charge in [-0.2, -0.15) is 4.98 Å². The molecule has 1 heterocycles. The molecule has 4 heteroatoms. The number of rotatable bonds is 1. The van der Waals surface area contributed by atoms with E-state index in [-0.39, 0.29) is 11.8 Å². The van der Waals surface area contributed by atoms with Gasteiger partial charge in [-0.15, -0.1) is 0 Å². The Hall–Kier alpha value is -1.84. The third kappa shape index (κ3) is 1.51. The highest BCUT2D eigenvalue weighted by molar-refractivity contribution is 5.58. The third-order valence-electron chi connectivity index (χ3n) is 1.66. The van der Waals surface area contributed by atoms with E-state index < -0.39 is 0 Å². The zero-order valence-electron chi connectivity index (χ0n) is 6.70. The molecule has 0 atom stereocenters. The summed E-state index contributed by atoms with van der Waals surface area (Å²) in [7, 11) is 0. The maximum atomic E-state index is 12.5. The topological polar surface area (TPSA) is 52.0 Å². The summed E-state index contributed by atoms with van der Waals surface area (Å²) >= 11 is 0. The summed E-state index contributed by atoms with van der Waals surface area (Å²) in [6.07, 6.45) is 1.43. The van der Waals surface area contributed by atoms with Crippen LogP contribution in [0.15, 0.2) is 34.9 Å². The summed E-state index contributed by atoms with van der Waals surface area (Å²) in [6.45, 7) is 0. The number of nitrogens with zero attached hydrogens (tertiary/aromatic N) is 1. The average molecular weight is 178 g/mol. The molecule has 0 aliphatic carbocycles. The summed E-state index contributed by atoms with van der Waals surface area (Å²) < 4.78 is 17.4. The lowest BCUT2D eigenvalue weighted by molar-refractivity contribution is 0.581. The van der Waals surface area contributed by atoms with E-state index in [2.05, 4.69) is 4.98 Å². The lowest BCUT2D eigenvalue weighted by atomic mass is 10.2. The van der Waals surface area contributed by atoms with Gasteiger partial charge in [-0.1, -0.05) is 0 Å². The Balaban J connectivity index is 2.41. The van der Waals surface area contributed by atoms with Crippen molar-refractivity contribution in [3.05, 3.63) is 36.3 Å². The van der Waals surface area contributed by atoms with Gasteiger partial charge in [-0.25, -0.2) is 4.39 Å². The van der Waals surface area contributed by atoms with E-state index in [1.165, 1.54) is 18.4 Å². The molecule has 0 radical (unpaired) electrons. The Morgan fingerprint density at radius 2 is 1.92 bits per heavy atom. The summed E-state index contributed by atoms with van der Waals surface area (Å²) in [6, 6.07) is 6.07. The lowest BCUT2D eigenvalue weighted by Crippen LogP contribution is -1.83. The summed E-state index contributed by atoms with van der Waals surface area (Å²) in [5, 5.41) is 0. The first-order valence-corrected chi connectivity index (χ1v) is 3.72. The van der Waals surface area contributed by atoms with E-state index in [0.717, 1.165) is 5.56 Å². The van der Waals surface area contributed by atoms with Gasteiger partial charge in [0.25, 0.3) is 6.01 Å². The van der Waals surface area contributed by atoms with Gasteiger partial charge in [-0.05, 0) is 24.3 Å². The number of nitrogens with two attached hydrogens (primary N) is 1. The Morgan fingerprint density at radius 3 is 2.46 bits per heavy atom. The van der Waals surface area contributed by atoms with E-state index in [1.807, 2.05) is 0 Å². The van der Waals surface area contributed by atoms with Crippen molar-refractivity contribution in [2.24, 2.45) is 0 Å². The van der Waals surface area contributed by atoms with Crippen LogP contribution in [0, 0.1) is 5.82 Å². The molecule has 2 N–H and O–H groups in total. The van der Waals surface area contributed by atoms with Crippen LogP contribution >= 0.6 is 0 Å². The molecule has 2 aromatic rings. The maximum absolute atomic E-state index is 12.5. The second kappa shape index (κ2) is 2.90. The molecule has 13 heavy (non-hydrogen) atoms. The summed E-state index contributed by atoms with van der Waals surface area (Å²) in [5.41, 5.74) is 6.68. The van der Waals surface area contributed by atoms with Gasteiger partial charge in [0, 0.05) is 5.56 Å². The molecule has 0 unspecified atom stereocenters. The van der Waals surface area contributed by atoms with Crippen LogP contribution in [0.1, 0.15) is 0 Å². The number of nitrogen functional groups attached to an aromatic ring is 1. The van der Waals surface area contributed by atoms with Crippen molar-refractivity contribution in [3.8, 4) is 11.3 Å². The van der Waals surface area contributed by atoms with Crippen LogP contribution in [0.3, 0.4) is 0 Å². The molecule has 0 aliphatic rings. The van der Waals surface area contributed by atoms with Gasteiger partial charge in [0.15, 0.2) is 0 Å². The normalized spacial score (nSPS) is 10.2. The van der Waals surface area contributed by atoms with E-state index in [4.69, 9.17) is 10.2 Å². The van der Waals surface area contributed by atoms with Crippen LogP contribution in [0.5, 0.6) is 0 Å². The van der Waals surface area contributed by atoms with Gasteiger partial charge >= 0.3 is 0 Å². The van der Waals surface area contributed by atoms with Gasteiger partial charge in [0.2, 0.25) is 0 Å². The second-order valence-electron chi connectivity index (χ2n) is 2.58. The highest BCUT2D eigenvalue weighted by Crippen LogP contribution is 2.19. The van der Waals surface area contributed by atoms with Crippen LogP contribution in [0.2, 0.25) is 0 Å². The van der Waals surface area contributed by atoms with Crippen LogP contribution in [-0.2, 0) is 0 Å². The molecule has 2 rings (SSSR count). The number of anilines is 1. The predicted octanol–water partition coefficient (Wildman–Crippen LogP) is 2.06. The Labute approximate surface area is 74.0 Å². The highest BCUT2D eigenvalue weighted by atomic mass is 19.1. The largest absolute Gasteiger partial charge is 0.432 e. The quantitative estimate of drug-likeness (QED) is 0.727. The van der Waals surface area contributed by atoms with E-state index in [9.17, 15) is 4.39 Å². The van der Waals surface area contributed by atoms with Gasteiger partial charge in [0.05, 0.1) is 0 Å². The lowest BCUT2D eigenvalue weighted by Gasteiger charge is -1.93. The number of benzene rings is 1. The monoisotopic (exact) mass is 178 g/mol. The number of hydrogen-bond donors (Lipinski definition) is 1. The SMILES string of the molecule is Nc1nc(-c2ccc(F)cc2)co1. The molecule has 0 spiro atoms. The van der Waals surface area contributed by atoms with Crippen molar-refractivity contribution in [2.45, 2.75) is 0 Å². The van der Waals surface area contributed by atoms with Crippen molar-refractivity contribution in [3.63, 3.8) is 0 Å². The zero-order chi connectivity index (χ0) is 9.26. The minimum Gasteiger partial charge on any atom is -0.432 e. The predicted molar refractivity (Wildman–Crippen MR) is 46.3 cm³/mol. The molecular weight excluding hydrogens is 171 g/mol. The number of hydrogen-bond acceptors (Lipinski definition) is 3. The number of aromatic nitrogens is 1. The molecule has 1 aromatic carbocycles. The van der Waals surface area contributed by atoms with Crippen molar-refractivity contribution in [1.82, 2.24) is 4.98 Å². The van der Waals surface area contributed by atoms with Gasteiger partial charge < -0.3 is 10.2 Å². The smallest absolute Gasteiger partial charge is 0.292 e. The van der Waals surface area contributed by atoms with Gasteiger partial charge in [-0.3, -0.25) is 0 Å². The van der Waals surface area contributed by atoms with E-state index in [0.29, 0.717) is 5.69 Å². The standard InChI is InChI=1S/C9H7FN2O/c10-7-3-1-6(2-4-7)8-5-13-9(11)12-8/h1-5H,(H2,11,12). The van der Waals surface area contributed by atoms with Gasteiger partial charge in [0.1, 0.15) is 17.8 Å². The molecule has 0 amide bonds. The maximum Gasteiger partial charge on any atom is 0.292 e. The zero-order valence-corrected chi connectivity index (χ0v) is 6.70. The molecule has 66 valence electrons. The molecule has 3 nitrogen and oxygen atoms in total. The van der Waals surface area contributed by atoms with E-state index in [1.54, 1.807) is 12.1 Å². The first-order valence-electron chi connectivity index (χ1n) is 3.72. The fraction of sp³-hybridized carbons (Fsp3) is 0. The third-order valence-corrected chi connectivity index (χ3v) is 1.66. The highest BCUT2D eigenvalue weighted by Gasteiger charge is 2.02. The second-order valence-corrected chi connectivity index (χ2v) is 2.58. The molecule has 0 aliphatic heterocycles. The summed E-state index contributed by atoms with van der Waals surface area (Å²) in [4.78, 5) is 3.90. The molecule has 0 bridgehead atoms.